The minimum absolute atomic E-state index is 0.0359. The minimum Gasteiger partial charge on any atom is -0.361 e. The SMILES string of the molecule is Cc1cc(NC(=O)Nc2ccc(Cl)c(C(F)(F)F)c2)ccc1Cc1nccc(Nc2cc(N(C)C)n[nH]2)n1. The summed E-state index contributed by atoms with van der Waals surface area (Å²) in [5.41, 5.74) is 1.23. The molecule has 2 aromatic carbocycles. The molecule has 9 nitrogen and oxygen atoms in total. The van der Waals surface area contributed by atoms with Crippen molar-refractivity contribution in [2.24, 2.45) is 0 Å². The van der Waals surface area contributed by atoms with Gasteiger partial charge in [0.05, 0.1) is 10.6 Å². The molecule has 0 aliphatic rings. The van der Waals surface area contributed by atoms with Gasteiger partial charge in [0.25, 0.3) is 0 Å². The van der Waals surface area contributed by atoms with Crippen LogP contribution in [0.25, 0.3) is 0 Å². The van der Waals surface area contributed by atoms with Crippen LogP contribution in [0.3, 0.4) is 0 Å². The molecule has 0 fully saturated rings. The quantitative estimate of drug-likeness (QED) is 0.220. The smallest absolute Gasteiger partial charge is 0.361 e. The molecule has 0 saturated carbocycles. The number of nitrogens with zero attached hydrogens (tertiary/aromatic N) is 4. The first-order valence-electron chi connectivity index (χ1n) is 11.3. The number of carbonyl (C=O) groups excluding carboxylic acids is 1. The Labute approximate surface area is 221 Å². The van der Waals surface area contributed by atoms with Crippen molar-refractivity contribution in [3.8, 4) is 0 Å². The molecule has 38 heavy (non-hydrogen) atoms. The van der Waals surface area contributed by atoms with Gasteiger partial charge in [-0.3, -0.25) is 5.10 Å². The highest BCUT2D eigenvalue weighted by atomic mass is 35.5. The van der Waals surface area contributed by atoms with E-state index in [1.54, 1.807) is 24.4 Å². The topological polar surface area (TPSA) is 111 Å². The highest BCUT2D eigenvalue weighted by Crippen LogP contribution is 2.36. The highest BCUT2D eigenvalue weighted by Gasteiger charge is 2.33. The number of aromatic amines is 1. The summed E-state index contributed by atoms with van der Waals surface area (Å²) in [5.74, 6) is 2.66. The summed E-state index contributed by atoms with van der Waals surface area (Å²) in [6.45, 7) is 1.88. The van der Waals surface area contributed by atoms with Crippen molar-refractivity contribution in [2.75, 3.05) is 34.9 Å². The van der Waals surface area contributed by atoms with Crippen molar-refractivity contribution in [1.29, 1.82) is 0 Å². The summed E-state index contributed by atoms with van der Waals surface area (Å²) < 4.78 is 39.2. The van der Waals surface area contributed by atoms with E-state index in [4.69, 9.17) is 11.6 Å². The second kappa shape index (κ2) is 11.0. The zero-order chi connectivity index (χ0) is 27.4. The summed E-state index contributed by atoms with van der Waals surface area (Å²) in [4.78, 5) is 23.1. The molecule has 0 aliphatic heterocycles. The Bertz CT molecular complexity index is 1450. The van der Waals surface area contributed by atoms with Crippen molar-refractivity contribution in [3.63, 3.8) is 0 Å². The van der Waals surface area contributed by atoms with E-state index in [0.29, 0.717) is 29.6 Å². The third-order valence-electron chi connectivity index (χ3n) is 5.47. The van der Waals surface area contributed by atoms with Crippen LogP contribution in [0.15, 0.2) is 54.7 Å². The Morgan fingerprint density at radius 1 is 1.05 bits per heavy atom. The molecule has 2 heterocycles. The molecule has 2 aromatic heterocycles. The lowest BCUT2D eigenvalue weighted by Gasteiger charge is -2.13. The van der Waals surface area contributed by atoms with Gasteiger partial charge in [-0.05, 0) is 54.4 Å². The number of H-pyrrole nitrogens is 1. The van der Waals surface area contributed by atoms with Gasteiger partial charge in [0.15, 0.2) is 5.82 Å². The van der Waals surface area contributed by atoms with Crippen LogP contribution in [0.2, 0.25) is 5.02 Å². The maximum absolute atomic E-state index is 13.1. The summed E-state index contributed by atoms with van der Waals surface area (Å²) in [5, 5.41) is 14.8. The maximum Gasteiger partial charge on any atom is 0.417 e. The minimum atomic E-state index is -4.63. The predicted octanol–water partition coefficient (Wildman–Crippen LogP) is 6.22. The summed E-state index contributed by atoms with van der Waals surface area (Å²) in [7, 11) is 3.79. The van der Waals surface area contributed by atoms with Crippen LogP contribution in [-0.2, 0) is 12.6 Å². The van der Waals surface area contributed by atoms with Gasteiger partial charge < -0.3 is 20.9 Å². The Balaban J connectivity index is 1.39. The van der Waals surface area contributed by atoms with Crippen molar-refractivity contribution in [2.45, 2.75) is 19.5 Å². The molecular formula is C25H24ClF3N8O. The number of halogens is 4. The fourth-order valence-electron chi connectivity index (χ4n) is 3.55. The van der Waals surface area contributed by atoms with E-state index >= 15 is 0 Å². The van der Waals surface area contributed by atoms with E-state index in [1.165, 1.54) is 6.07 Å². The Hall–Kier alpha value is -4.32. The number of amides is 2. The fraction of sp³-hybridized carbons (Fsp3) is 0.200. The van der Waals surface area contributed by atoms with E-state index in [1.807, 2.05) is 38.1 Å². The fourth-order valence-corrected chi connectivity index (χ4v) is 3.78. The lowest BCUT2D eigenvalue weighted by molar-refractivity contribution is -0.137. The van der Waals surface area contributed by atoms with Crippen LogP contribution in [-0.4, -0.2) is 40.3 Å². The van der Waals surface area contributed by atoms with Crippen LogP contribution in [0, 0.1) is 6.92 Å². The number of aromatic nitrogens is 4. The molecule has 0 atom stereocenters. The molecule has 0 bridgehead atoms. The molecule has 0 aliphatic carbocycles. The van der Waals surface area contributed by atoms with E-state index in [2.05, 4.69) is 36.1 Å². The monoisotopic (exact) mass is 544 g/mol. The highest BCUT2D eigenvalue weighted by molar-refractivity contribution is 6.31. The number of rotatable bonds is 7. The normalized spacial score (nSPS) is 11.2. The molecule has 0 spiro atoms. The first-order valence-corrected chi connectivity index (χ1v) is 11.7. The number of hydrogen-bond acceptors (Lipinski definition) is 6. The largest absolute Gasteiger partial charge is 0.417 e. The Morgan fingerprint density at radius 2 is 1.76 bits per heavy atom. The summed E-state index contributed by atoms with van der Waals surface area (Å²) >= 11 is 5.63. The molecule has 0 radical (unpaired) electrons. The van der Waals surface area contributed by atoms with Crippen molar-refractivity contribution >= 4 is 46.5 Å². The van der Waals surface area contributed by atoms with Crippen LogP contribution >= 0.6 is 11.6 Å². The van der Waals surface area contributed by atoms with Crippen LogP contribution in [0.1, 0.15) is 22.5 Å². The number of benzene rings is 2. The van der Waals surface area contributed by atoms with Gasteiger partial charge in [0, 0.05) is 44.2 Å². The van der Waals surface area contributed by atoms with E-state index in [-0.39, 0.29) is 5.69 Å². The van der Waals surface area contributed by atoms with Gasteiger partial charge in [0.1, 0.15) is 17.5 Å². The van der Waals surface area contributed by atoms with Crippen LogP contribution in [0.4, 0.5) is 46.8 Å². The van der Waals surface area contributed by atoms with Crippen molar-refractivity contribution < 1.29 is 18.0 Å². The molecular weight excluding hydrogens is 521 g/mol. The van der Waals surface area contributed by atoms with Crippen LogP contribution < -0.4 is 20.9 Å². The average molecular weight is 545 g/mol. The van der Waals surface area contributed by atoms with Crippen molar-refractivity contribution in [3.05, 3.63) is 82.3 Å². The molecule has 4 aromatic rings. The molecule has 0 unspecified atom stereocenters. The number of nitrogens with one attached hydrogen (secondary N) is 4. The van der Waals surface area contributed by atoms with Gasteiger partial charge in [-0.15, -0.1) is 0 Å². The van der Waals surface area contributed by atoms with Gasteiger partial charge >= 0.3 is 12.2 Å². The van der Waals surface area contributed by atoms with Gasteiger partial charge in [0.2, 0.25) is 0 Å². The molecule has 198 valence electrons. The van der Waals surface area contributed by atoms with E-state index < -0.39 is 22.8 Å². The molecule has 0 saturated heterocycles. The Kier molecular flexibility index (Phi) is 7.72. The van der Waals surface area contributed by atoms with Crippen LogP contribution in [0.5, 0.6) is 0 Å². The number of anilines is 5. The molecule has 13 heteroatoms. The second-order valence-electron chi connectivity index (χ2n) is 8.61. The number of carbonyl (C=O) groups is 1. The summed E-state index contributed by atoms with van der Waals surface area (Å²) in [6, 6.07) is 11.4. The maximum atomic E-state index is 13.1. The number of aryl methyl sites for hydroxylation is 1. The Morgan fingerprint density at radius 3 is 2.42 bits per heavy atom. The number of hydrogen-bond donors (Lipinski definition) is 4. The lowest BCUT2D eigenvalue weighted by atomic mass is 10.0. The van der Waals surface area contributed by atoms with E-state index in [9.17, 15) is 18.0 Å². The lowest BCUT2D eigenvalue weighted by Crippen LogP contribution is -2.20. The van der Waals surface area contributed by atoms with E-state index in [0.717, 1.165) is 29.1 Å². The third kappa shape index (κ3) is 6.71. The van der Waals surface area contributed by atoms with Gasteiger partial charge in [-0.25, -0.2) is 14.8 Å². The predicted molar refractivity (Wildman–Crippen MR) is 141 cm³/mol. The zero-order valence-corrected chi connectivity index (χ0v) is 21.4. The average Bonchev–Trinajstić information content (AvgIpc) is 3.30. The first-order chi connectivity index (χ1) is 18.0. The number of alkyl halides is 3. The second-order valence-corrected chi connectivity index (χ2v) is 9.01. The molecule has 2 amide bonds. The molecule has 4 N–H and O–H groups in total. The molecule has 4 rings (SSSR count). The first kappa shape index (κ1) is 26.7. The standard InChI is InChI=1S/C25H24ClF3N8O/c1-14-10-16(31-24(38)32-17-6-7-19(26)18(12-17)25(27,28)29)5-4-15(14)11-21-30-9-8-20(33-21)34-22-13-23(36-35-22)37(2)3/h4-10,12-13H,11H2,1-3H3,(H2,31,32,38)(H2,30,33,34,35,36). The van der Waals surface area contributed by atoms with Gasteiger partial charge in [-0.1, -0.05) is 17.7 Å². The third-order valence-corrected chi connectivity index (χ3v) is 5.80. The van der Waals surface area contributed by atoms with Gasteiger partial charge in [-0.2, -0.15) is 18.3 Å². The summed E-state index contributed by atoms with van der Waals surface area (Å²) in [6.07, 6.45) is -2.53. The number of urea groups is 1. The zero-order valence-electron chi connectivity index (χ0n) is 20.6. The van der Waals surface area contributed by atoms with Crippen molar-refractivity contribution in [1.82, 2.24) is 20.2 Å².